The number of carbonyl (C=O) groups is 4. The monoisotopic (exact) mass is 455 g/mol. The molecule has 3 aliphatic heterocycles. The molecule has 2 atom stereocenters. The van der Waals surface area contributed by atoms with Gasteiger partial charge < -0.3 is 15.0 Å². The number of ether oxygens (including phenoxy) is 1. The van der Waals surface area contributed by atoms with E-state index in [1.54, 1.807) is 18.3 Å². The zero-order valence-electron chi connectivity index (χ0n) is 18.0. The summed E-state index contributed by atoms with van der Waals surface area (Å²) in [7, 11) is 0. The number of rotatable bonds is 5. The van der Waals surface area contributed by atoms with Crippen molar-refractivity contribution in [1.29, 1.82) is 0 Å². The van der Waals surface area contributed by atoms with Crippen LogP contribution < -0.4 is 10.6 Å². The first-order valence-electron chi connectivity index (χ1n) is 11.1. The SMILES string of the molecule is O=C(CC1CC(=O)NC1=O)NCC1CC2(CCOCC2)CN1C(=O)c1ccc2nnnn2c1. The molecule has 0 aliphatic carbocycles. The molecule has 2 unspecified atom stereocenters. The van der Waals surface area contributed by atoms with E-state index in [1.807, 2.05) is 4.90 Å². The number of nitrogens with zero attached hydrogens (tertiary/aromatic N) is 5. The van der Waals surface area contributed by atoms with E-state index in [9.17, 15) is 19.2 Å². The number of hydrogen-bond donors (Lipinski definition) is 2. The van der Waals surface area contributed by atoms with Crippen molar-refractivity contribution < 1.29 is 23.9 Å². The van der Waals surface area contributed by atoms with Crippen molar-refractivity contribution >= 4 is 29.3 Å². The van der Waals surface area contributed by atoms with Gasteiger partial charge in [0.05, 0.1) is 11.5 Å². The van der Waals surface area contributed by atoms with Gasteiger partial charge in [-0.3, -0.25) is 24.5 Å². The number of hydrogen-bond acceptors (Lipinski definition) is 8. The Morgan fingerprint density at radius 1 is 1.24 bits per heavy atom. The number of fused-ring (bicyclic) bond motifs is 1. The Hall–Kier alpha value is -3.41. The van der Waals surface area contributed by atoms with Gasteiger partial charge in [-0.1, -0.05) is 0 Å². The van der Waals surface area contributed by atoms with E-state index in [1.165, 1.54) is 4.52 Å². The van der Waals surface area contributed by atoms with Gasteiger partial charge in [0.15, 0.2) is 5.65 Å². The summed E-state index contributed by atoms with van der Waals surface area (Å²) in [6.07, 6.45) is 4.07. The van der Waals surface area contributed by atoms with E-state index >= 15 is 0 Å². The van der Waals surface area contributed by atoms with Crippen molar-refractivity contribution in [3.05, 3.63) is 23.9 Å². The topological polar surface area (TPSA) is 148 Å². The van der Waals surface area contributed by atoms with E-state index in [0.717, 1.165) is 19.3 Å². The number of likely N-dealkylation sites (tertiary alicyclic amines) is 1. The van der Waals surface area contributed by atoms with Crippen LogP contribution in [0.2, 0.25) is 0 Å². The van der Waals surface area contributed by atoms with Crippen LogP contribution in [0.15, 0.2) is 18.3 Å². The Morgan fingerprint density at radius 2 is 2.06 bits per heavy atom. The number of nitrogens with one attached hydrogen (secondary N) is 2. The van der Waals surface area contributed by atoms with Crippen molar-refractivity contribution in [2.75, 3.05) is 26.3 Å². The zero-order valence-corrected chi connectivity index (χ0v) is 18.0. The molecule has 5 rings (SSSR count). The molecule has 33 heavy (non-hydrogen) atoms. The number of pyridine rings is 1. The van der Waals surface area contributed by atoms with Gasteiger partial charge in [0.25, 0.3) is 5.91 Å². The first-order valence-corrected chi connectivity index (χ1v) is 11.1. The highest BCUT2D eigenvalue weighted by molar-refractivity contribution is 6.04. The maximum absolute atomic E-state index is 13.5. The lowest BCUT2D eigenvalue weighted by Gasteiger charge is -2.33. The van der Waals surface area contributed by atoms with Crippen molar-refractivity contribution in [1.82, 2.24) is 35.6 Å². The molecule has 2 aromatic rings. The number of aromatic nitrogens is 4. The average molecular weight is 455 g/mol. The fourth-order valence-corrected chi connectivity index (χ4v) is 5.08. The molecule has 3 saturated heterocycles. The van der Waals surface area contributed by atoms with Crippen LogP contribution in [0.25, 0.3) is 5.65 Å². The van der Waals surface area contributed by atoms with E-state index in [2.05, 4.69) is 26.2 Å². The lowest BCUT2D eigenvalue weighted by atomic mass is 9.78. The van der Waals surface area contributed by atoms with Crippen LogP contribution in [0.1, 0.15) is 42.5 Å². The third-order valence-electron chi connectivity index (χ3n) is 6.90. The lowest BCUT2D eigenvalue weighted by molar-refractivity contribution is -0.129. The molecule has 0 saturated carbocycles. The summed E-state index contributed by atoms with van der Waals surface area (Å²) in [6.45, 7) is 2.18. The van der Waals surface area contributed by atoms with E-state index < -0.39 is 11.8 Å². The summed E-state index contributed by atoms with van der Waals surface area (Å²) in [5, 5.41) is 16.4. The minimum atomic E-state index is -0.635. The molecule has 0 aromatic carbocycles. The molecule has 12 nitrogen and oxygen atoms in total. The fraction of sp³-hybridized carbons (Fsp3) is 0.571. The maximum Gasteiger partial charge on any atom is 0.255 e. The van der Waals surface area contributed by atoms with Crippen LogP contribution in [-0.2, 0) is 19.1 Å². The molecular weight excluding hydrogens is 430 g/mol. The molecular formula is C21H25N7O5. The maximum atomic E-state index is 13.5. The van der Waals surface area contributed by atoms with Gasteiger partial charge in [-0.15, -0.1) is 5.10 Å². The van der Waals surface area contributed by atoms with Crippen LogP contribution in [0, 0.1) is 11.3 Å². The molecule has 4 amide bonds. The van der Waals surface area contributed by atoms with Crippen molar-refractivity contribution in [2.45, 2.75) is 38.1 Å². The van der Waals surface area contributed by atoms with Gasteiger partial charge in [-0.05, 0) is 47.2 Å². The number of amides is 4. The second kappa shape index (κ2) is 8.50. The summed E-state index contributed by atoms with van der Waals surface area (Å²) < 4.78 is 6.99. The van der Waals surface area contributed by atoms with Gasteiger partial charge in [0.1, 0.15) is 0 Å². The van der Waals surface area contributed by atoms with Crippen LogP contribution in [0.5, 0.6) is 0 Å². The summed E-state index contributed by atoms with van der Waals surface area (Å²) in [6, 6.07) is 3.20. The fourth-order valence-electron chi connectivity index (χ4n) is 5.08. The lowest BCUT2D eigenvalue weighted by Crippen LogP contribution is -2.43. The van der Waals surface area contributed by atoms with Gasteiger partial charge >= 0.3 is 0 Å². The molecule has 1 spiro atoms. The van der Waals surface area contributed by atoms with Crippen LogP contribution in [0.4, 0.5) is 0 Å². The van der Waals surface area contributed by atoms with Crippen molar-refractivity contribution in [2.24, 2.45) is 11.3 Å². The highest BCUT2D eigenvalue weighted by Crippen LogP contribution is 2.43. The Bertz CT molecular complexity index is 1110. The number of tetrazole rings is 1. The molecule has 0 bridgehead atoms. The molecule has 3 aliphatic rings. The van der Waals surface area contributed by atoms with E-state index in [4.69, 9.17) is 4.74 Å². The highest BCUT2D eigenvalue weighted by Gasteiger charge is 2.46. The van der Waals surface area contributed by atoms with Crippen molar-refractivity contribution in [3.63, 3.8) is 0 Å². The molecule has 12 heteroatoms. The summed E-state index contributed by atoms with van der Waals surface area (Å²) in [4.78, 5) is 50.9. The predicted octanol–water partition coefficient (Wildman–Crippen LogP) is -0.695. The zero-order chi connectivity index (χ0) is 23.0. The first-order chi connectivity index (χ1) is 15.9. The highest BCUT2D eigenvalue weighted by atomic mass is 16.5. The second-order valence-corrected chi connectivity index (χ2v) is 9.12. The van der Waals surface area contributed by atoms with E-state index in [0.29, 0.717) is 31.0 Å². The quantitative estimate of drug-likeness (QED) is 0.563. The summed E-state index contributed by atoms with van der Waals surface area (Å²) in [5.41, 5.74) is 0.975. The van der Waals surface area contributed by atoms with Crippen LogP contribution >= 0.6 is 0 Å². The molecule has 2 aromatic heterocycles. The van der Waals surface area contributed by atoms with Crippen LogP contribution in [-0.4, -0.2) is 80.9 Å². The largest absolute Gasteiger partial charge is 0.381 e. The van der Waals surface area contributed by atoms with Gasteiger partial charge in [0, 0.05) is 51.4 Å². The molecule has 174 valence electrons. The Morgan fingerprint density at radius 3 is 2.82 bits per heavy atom. The van der Waals surface area contributed by atoms with Gasteiger partial charge in [-0.2, -0.15) is 4.52 Å². The van der Waals surface area contributed by atoms with Crippen LogP contribution in [0.3, 0.4) is 0 Å². The van der Waals surface area contributed by atoms with Gasteiger partial charge in [-0.25, -0.2) is 0 Å². The number of carbonyl (C=O) groups excluding carboxylic acids is 4. The van der Waals surface area contributed by atoms with Gasteiger partial charge in [0.2, 0.25) is 17.7 Å². The first kappa shape index (κ1) is 21.4. The summed E-state index contributed by atoms with van der Waals surface area (Å²) in [5.74, 6) is -1.85. The molecule has 5 heterocycles. The number of imide groups is 1. The summed E-state index contributed by atoms with van der Waals surface area (Å²) >= 11 is 0. The third-order valence-corrected chi connectivity index (χ3v) is 6.90. The predicted molar refractivity (Wildman–Crippen MR) is 112 cm³/mol. The smallest absolute Gasteiger partial charge is 0.255 e. The Balaban J connectivity index is 1.29. The third kappa shape index (κ3) is 4.30. The average Bonchev–Trinajstić information content (AvgIpc) is 3.49. The Labute approximate surface area is 189 Å². The molecule has 0 radical (unpaired) electrons. The van der Waals surface area contributed by atoms with E-state index in [-0.39, 0.29) is 48.6 Å². The standard InChI is InChI=1S/C21H25N7O5/c29-17(7-14-8-18(30)23-19(14)31)22-10-15-9-21(3-5-33-6-4-21)12-27(15)20(32)13-1-2-16-24-25-26-28(16)11-13/h1-2,11,14-15H,3-10,12H2,(H,22,29)(H,23,30,31). The minimum absolute atomic E-state index is 0.0308. The minimum Gasteiger partial charge on any atom is -0.381 e. The second-order valence-electron chi connectivity index (χ2n) is 9.12. The van der Waals surface area contributed by atoms with Crippen molar-refractivity contribution in [3.8, 4) is 0 Å². The molecule has 2 N–H and O–H groups in total. The molecule has 3 fully saturated rings. The Kier molecular flexibility index (Phi) is 5.52. The normalized spacial score (nSPS) is 24.4.